The van der Waals surface area contributed by atoms with Gasteiger partial charge >= 0.3 is 0 Å². The highest BCUT2D eigenvalue weighted by Gasteiger charge is 2.21. The molecule has 0 atom stereocenters. The number of rotatable bonds is 3. The van der Waals surface area contributed by atoms with Crippen molar-refractivity contribution >= 4 is 61.6 Å². The Morgan fingerprint density at radius 3 is 2.54 bits per heavy atom. The van der Waals surface area contributed by atoms with Crippen LogP contribution in [-0.4, -0.2) is 10.9 Å². The van der Waals surface area contributed by atoms with Gasteiger partial charge in [-0.3, -0.25) is 4.79 Å². The zero-order valence-electron chi connectivity index (χ0n) is 14.3. The van der Waals surface area contributed by atoms with Gasteiger partial charge in [0.1, 0.15) is 0 Å². The summed E-state index contributed by atoms with van der Waals surface area (Å²) in [4.78, 5) is 17.8. The molecular formula is C22H12BrCl2N2O. The largest absolute Gasteiger partial charge is 0.321 e. The molecule has 28 heavy (non-hydrogen) atoms. The predicted molar refractivity (Wildman–Crippen MR) is 118 cm³/mol. The van der Waals surface area contributed by atoms with Gasteiger partial charge in [-0.25, -0.2) is 4.98 Å². The van der Waals surface area contributed by atoms with Crippen LogP contribution < -0.4 is 5.32 Å². The minimum atomic E-state index is -0.341. The summed E-state index contributed by atoms with van der Waals surface area (Å²) in [6, 6.07) is 23.0. The van der Waals surface area contributed by atoms with E-state index in [9.17, 15) is 4.79 Å². The highest BCUT2D eigenvalue weighted by atomic mass is 79.9. The molecular weight excluding hydrogens is 459 g/mol. The Labute approximate surface area is 180 Å². The zero-order valence-corrected chi connectivity index (χ0v) is 17.4. The summed E-state index contributed by atoms with van der Waals surface area (Å²) in [7, 11) is 0. The van der Waals surface area contributed by atoms with E-state index in [-0.39, 0.29) is 5.91 Å². The fourth-order valence-electron chi connectivity index (χ4n) is 2.89. The normalized spacial score (nSPS) is 10.8. The zero-order chi connectivity index (χ0) is 19.7. The first-order valence-electron chi connectivity index (χ1n) is 8.36. The van der Waals surface area contributed by atoms with E-state index in [0.717, 1.165) is 10.0 Å². The van der Waals surface area contributed by atoms with Crippen LogP contribution in [0.2, 0.25) is 10.0 Å². The Balaban J connectivity index is 1.89. The molecule has 4 aromatic rings. The lowest BCUT2D eigenvalue weighted by molar-refractivity contribution is 0.102. The van der Waals surface area contributed by atoms with E-state index in [1.54, 1.807) is 18.2 Å². The first kappa shape index (κ1) is 18.9. The second kappa shape index (κ2) is 7.92. The Kier molecular flexibility index (Phi) is 5.36. The second-order valence-corrected chi connectivity index (χ2v) is 7.78. The van der Waals surface area contributed by atoms with Crippen LogP contribution in [-0.2, 0) is 0 Å². The summed E-state index contributed by atoms with van der Waals surface area (Å²) in [6.45, 7) is 0. The average Bonchev–Trinajstić information content (AvgIpc) is 2.70. The molecule has 1 radical (unpaired) electrons. The smallest absolute Gasteiger partial charge is 0.257 e. The van der Waals surface area contributed by atoms with Crippen molar-refractivity contribution in [2.24, 2.45) is 0 Å². The number of nitrogens with one attached hydrogen (secondary N) is 1. The number of hydrogen-bond donors (Lipinski definition) is 1. The highest BCUT2D eigenvalue weighted by Crippen LogP contribution is 2.35. The topological polar surface area (TPSA) is 42.0 Å². The maximum Gasteiger partial charge on any atom is 0.257 e. The van der Waals surface area contributed by atoms with Gasteiger partial charge in [-0.15, -0.1) is 0 Å². The maximum absolute atomic E-state index is 13.1. The number of aromatic nitrogens is 1. The van der Waals surface area contributed by atoms with Gasteiger partial charge in [0, 0.05) is 32.2 Å². The van der Waals surface area contributed by atoms with Crippen LogP contribution >= 0.6 is 39.1 Å². The lowest BCUT2D eigenvalue weighted by atomic mass is 10.0. The Hall–Kier alpha value is -2.40. The Bertz CT molecular complexity index is 1180. The van der Waals surface area contributed by atoms with Crippen molar-refractivity contribution in [3.63, 3.8) is 0 Å². The minimum Gasteiger partial charge on any atom is -0.321 e. The highest BCUT2D eigenvalue weighted by molar-refractivity contribution is 9.10. The Morgan fingerprint density at radius 1 is 1.04 bits per heavy atom. The third-order valence-corrected chi connectivity index (χ3v) is 5.28. The van der Waals surface area contributed by atoms with Crippen molar-refractivity contribution in [1.29, 1.82) is 0 Å². The molecule has 3 nitrogen and oxygen atoms in total. The number of anilines is 1. The summed E-state index contributed by atoms with van der Waals surface area (Å²) in [5.41, 5.74) is 2.94. The standard InChI is InChI=1S/C22H12BrCl2N2O/c23-14-6-11-18-17(12-14)19(22(28)26-16-9-7-15(24)8-10-16)20(25)21(27-18)13-4-2-1-3-5-13/h1-9,11-12H,(H,26,28). The number of carbonyl (C=O) groups is 1. The van der Waals surface area contributed by atoms with E-state index < -0.39 is 0 Å². The van der Waals surface area contributed by atoms with Crippen LogP contribution in [0.1, 0.15) is 10.4 Å². The molecule has 0 aliphatic carbocycles. The fraction of sp³-hybridized carbons (Fsp3) is 0. The number of carbonyl (C=O) groups excluding carboxylic acids is 1. The van der Waals surface area contributed by atoms with Crippen LogP contribution in [0, 0.1) is 6.07 Å². The third kappa shape index (κ3) is 3.76. The first-order valence-corrected chi connectivity index (χ1v) is 9.90. The number of amides is 1. The van der Waals surface area contributed by atoms with Crippen molar-refractivity contribution < 1.29 is 4.79 Å². The number of halogens is 3. The summed E-state index contributed by atoms with van der Waals surface area (Å²) in [5, 5.41) is 4.33. The molecule has 4 rings (SSSR count). The number of nitrogens with zero attached hydrogens (tertiary/aromatic N) is 1. The van der Waals surface area contributed by atoms with E-state index >= 15 is 0 Å². The van der Waals surface area contributed by atoms with Gasteiger partial charge in [0.25, 0.3) is 5.91 Å². The van der Waals surface area contributed by atoms with Gasteiger partial charge in [0.15, 0.2) is 0 Å². The van der Waals surface area contributed by atoms with Crippen LogP contribution in [0.3, 0.4) is 0 Å². The number of hydrogen-bond acceptors (Lipinski definition) is 2. The van der Waals surface area contributed by atoms with Gasteiger partial charge in [-0.05, 0) is 36.4 Å². The lowest BCUT2D eigenvalue weighted by Gasteiger charge is -2.14. The molecule has 0 saturated heterocycles. The molecule has 3 aromatic carbocycles. The third-order valence-electron chi connectivity index (χ3n) is 4.18. The predicted octanol–water partition coefficient (Wildman–Crippen LogP) is 7.02. The van der Waals surface area contributed by atoms with E-state index in [1.807, 2.05) is 48.5 Å². The Morgan fingerprint density at radius 2 is 1.82 bits per heavy atom. The van der Waals surface area contributed by atoms with Crippen molar-refractivity contribution in [2.75, 3.05) is 5.32 Å². The van der Waals surface area contributed by atoms with Gasteiger partial charge in [0.05, 0.1) is 21.8 Å². The van der Waals surface area contributed by atoms with Crippen molar-refractivity contribution in [1.82, 2.24) is 4.98 Å². The van der Waals surface area contributed by atoms with E-state index in [2.05, 4.69) is 32.3 Å². The molecule has 0 aliphatic rings. The van der Waals surface area contributed by atoms with Crippen molar-refractivity contribution in [2.45, 2.75) is 0 Å². The van der Waals surface area contributed by atoms with Crippen LogP contribution in [0.15, 0.2) is 71.2 Å². The number of fused-ring (bicyclic) bond motifs is 1. The monoisotopic (exact) mass is 469 g/mol. The van der Waals surface area contributed by atoms with Gasteiger partial charge < -0.3 is 5.32 Å². The van der Waals surface area contributed by atoms with Crippen LogP contribution in [0.5, 0.6) is 0 Å². The summed E-state index contributed by atoms with van der Waals surface area (Å²) >= 11 is 16.0. The second-order valence-electron chi connectivity index (χ2n) is 6.05. The van der Waals surface area contributed by atoms with Crippen molar-refractivity contribution in [3.8, 4) is 11.3 Å². The molecule has 0 spiro atoms. The molecule has 0 unspecified atom stereocenters. The van der Waals surface area contributed by atoms with E-state index in [4.69, 9.17) is 23.2 Å². The molecule has 0 bridgehead atoms. The quantitative estimate of drug-likeness (QED) is 0.349. The van der Waals surface area contributed by atoms with E-state index in [1.165, 1.54) is 0 Å². The molecule has 1 aromatic heterocycles. The molecule has 1 N–H and O–H groups in total. The SMILES string of the molecule is O=C(Nc1[c]cc(Cl)cc1)c1c(Cl)c(-c2ccccc2)nc2ccc(Br)cc12. The average molecular weight is 471 g/mol. The summed E-state index contributed by atoms with van der Waals surface area (Å²) in [5.74, 6) is -0.341. The first-order chi connectivity index (χ1) is 13.5. The minimum absolute atomic E-state index is 0.295. The summed E-state index contributed by atoms with van der Waals surface area (Å²) < 4.78 is 0.831. The molecule has 1 amide bonds. The fourth-order valence-corrected chi connectivity index (χ4v) is 3.71. The molecule has 0 fully saturated rings. The van der Waals surface area contributed by atoms with E-state index in [0.29, 0.717) is 37.9 Å². The van der Waals surface area contributed by atoms with Crippen LogP contribution in [0.4, 0.5) is 5.69 Å². The van der Waals surface area contributed by atoms with Crippen molar-refractivity contribution in [3.05, 3.63) is 92.9 Å². The molecule has 0 saturated carbocycles. The summed E-state index contributed by atoms with van der Waals surface area (Å²) in [6.07, 6.45) is 0. The molecule has 6 heteroatoms. The maximum atomic E-state index is 13.1. The van der Waals surface area contributed by atoms with Gasteiger partial charge in [-0.1, -0.05) is 69.5 Å². The molecule has 1 heterocycles. The molecule has 137 valence electrons. The van der Waals surface area contributed by atoms with Gasteiger partial charge in [-0.2, -0.15) is 0 Å². The number of benzene rings is 3. The molecule has 0 aliphatic heterocycles. The number of pyridine rings is 1. The lowest BCUT2D eigenvalue weighted by Crippen LogP contribution is -2.14. The van der Waals surface area contributed by atoms with Gasteiger partial charge in [0.2, 0.25) is 0 Å². The van der Waals surface area contributed by atoms with Crippen LogP contribution in [0.25, 0.3) is 22.2 Å².